The number of benzene rings is 1. The van der Waals surface area contributed by atoms with Crippen molar-refractivity contribution >= 4 is 5.91 Å². The van der Waals surface area contributed by atoms with Crippen molar-refractivity contribution in [1.82, 2.24) is 10.6 Å². The van der Waals surface area contributed by atoms with Gasteiger partial charge < -0.3 is 10.6 Å². The van der Waals surface area contributed by atoms with Crippen LogP contribution in [-0.4, -0.2) is 18.0 Å². The molecule has 1 saturated carbocycles. The van der Waals surface area contributed by atoms with Crippen molar-refractivity contribution < 1.29 is 9.18 Å². The van der Waals surface area contributed by atoms with Gasteiger partial charge in [-0.25, -0.2) is 4.39 Å². The Morgan fingerprint density at radius 1 is 1.24 bits per heavy atom. The standard InChI is InChI=1S/C21H31FN2O/c1-14(2)19(10-15-6-4-3-5-7-15)24-21(25)20-12-16-8-9-18(22)11-17(16)13-23-20/h8-9,11,14-15,19-20,23H,3-7,10,12-13H2,1-2H3,(H,24,25)/t19-,20?/m1/s1. The molecule has 2 atom stereocenters. The first-order valence-electron chi connectivity index (χ1n) is 9.84. The quantitative estimate of drug-likeness (QED) is 0.847. The van der Waals surface area contributed by atoms with Gasteiger partial charge in [0.2, 0.25) is 5.91 Å². The zero-order valence-corrected chi connectivity index (χ0v) is 15.5. The Morgan fingerprint density at radius 2 is 2.00 bits per heavy atom. The van der Waals surface area contributed by atoms with E-state index in [4.69, 9.17) is 0 Å². The minimum absolute atomic E-state index is 0.0875. The van der Waals surface area contributed by atoms with Crippen LogP contribution in [0, 0.1) is 17.7 Å². The fourth-order valence-corrected chi connectivity index (χ4v) is 4.23. The fourth-order valence-electron chi connectivity index (χ4n) is 4.23. The van der Waals surface area contributed by atoms with Gasteiger partial charge in [-0.2, -0.15) is 0 Å². The van der Waals surface area contributed by atoms with Crippen LogP contribution in [0.3, 0.4) is 0 Å². The summed E-state index contributed by atoms with van der Waals surface area (Å²) in [5.41, 5.74) is 2.04. The van der Waals surface area contributed by atoms with Gasteiger partial charge in [0.05, 0.1) is 6.04 Å². The first-order valence-corrected chi connectivity index (χ1v) is 9.84. The molecule has 1 unspecified atom stereocenters. The summed E-state index contributed by atoms with van der Waals surface area (Å²) in [5, 5.41) is 6.57. The summed E-state index contributed by atoms with van der Waals surface area (Å²) in [6.07, 6.45) is 8.37. The van der Waals surface area contributed by atoms with E-state index in [0.29, 0.717) is 18.9 Å². The molecule has 3 nitrogen and oxygen atoms in total. The van der Waals surface area contributed by atoms with Gasteiger partial charge in [0.15, 0.2) is 0 Å². The highest BCUT2D eigenvalue weighted by molar-refractivity contribution is 5.82. The molecule has 0 radical (unpaired) electrons. The molecule has 1 aliphatic heterocycles. The van der Waals surface area contributed by atoms with E-state index in [1.165, 1.54) is 38.2 Å². The van der Waals surface area contributed by atoms with Crippen LogP contribution in [0.15, 0.2) is 18.2 Å². The van der Waals surface area contributed by atoms with Crippen molar-refractivity contribution in [3.8, 4) is 0 Å². The molecular formula is C21H31FN2O. The number of amides is 1. The molecule has 1 aliphatic carbocycles. The van der Waals surface area contributed by atoms with Crippen molar-refractivity contribution in [3.05, 3.63) is 35.1 Å². The van der Waals surface area contributed by atoms with Crippen molar-refractivity contribution in [1.29, 1.82) is 0 Å². The van der Waals surface area contributed by atoms with Crippen molar-refractivity contribution in [2.45, 2.75) is 77.4 Å². The first kappa shape index (κ1) is 18.4. The summed E-state index contributed by atoms with van der Waals surface area (Å²) in [6.45, 7) is 4.94. The van der Waals surface area contributed by atoms with Gasteiger partial charge in [-0.15, -0.1) is 0 Å². The second-order valence-electron chi connectivity index (χ2n) is 8.15. The predicted octanol–water partition coefficient (Wildman–Crippen LogP) is 3.95. The lowest BCUT2D eigenvalue weighted by Gasteiger charge is -2.32. The molecule has 3 rings (SSSR count). The lowest BCUT2D eigenvalue weighted by molar-refractivity contribution is -0.124. The average molecular weight is 346 g/mol. The highest BCUT2D eigenvalue weighted by Crippen LogP contribution is 2.29. The molecule has 1 heterocycles. The van der Waals surface area contributed by atoms with E-state index in [0.717, 1.165) is 23.5 Å². The van der Waals surface area contributed by atoms with E-state index < -0.39 is 0 Å². The summed E-state index contributed by atoms with van der Waals surface area (Å²) in [6, 6.07) is 4.89. The van der Waals surface area contributed by atoms with Gasteiger partial charge in [0.25, 0.3) is 0 Å². The highest BCUT2D eigenvalue weighted by Gasteiger charge is 2.28. The lowest BCUT2D eigenvalue weighted by Crippen LogP contribution is -2.52. The summed E-state index contributed by atoms with van der Waals surface area (Å²) < 4.78 is 13.3. The SMILES string of the molecule is CC(C)[C@@H](CC1CCCCC1)NC(=O)C1Cc2ccc(F)cc2CN1. The predicted molar refractivity (Wildman–Crippen MR) is 98.7 cm³/mol. The Labute approximate surface area is 150 Å². The molecule has 0 saturated heterocycles. The van der Waals surface area contributed by atoms with E-state index >= 15 is 0 Å². The zero-order valence-electron chi connectivity index (χ0n) is 15.5. The number of carbonyl (C=O) groups excluding carboxylic acids is 1. The van der Waals surface area contributed by atoms with Crippen LogP contribution in [-0.2, 0) is 17.8 Å². The molecule has 0 aromatic heterocycles. The number of fused-ring (bicyclic) bond motifs is 1. The highest BCUT2D eigenvalue weighted by atomic mass is 19.1. The number of rotatable bonds is 5. The number of carbonyl (C=O) groups is 1. The Bertz CT molecular complexity index is 596. The fraction of sp³-hybridized carbons (Fsp3) is 0.667. The van der Waals surface area contributed by atoms with Crippen LogP contribution in [0.4, 0.5) is 4.39 Å². The summed E-state index contributed by atoms with van der Waals surface area (Å²) in [5.74, 6) is 1.07. The molecule has 138 valence electrons. The third-order valence-corrected chi connectivity index (χ3v) is 5.89. The Balaban J connectivity index is 1.58. The Kier molecular flexibility index (Phi) is 6.10. The number of hydrogen-bond donors (Lipinski definition) is 2. The first-order chi connectivity index (χ1) is 12.0. The van der Waals surface area contributed by atoms with E-state index in [-0.39, 0.29) is 23.8 Å². The minimum Gasteiger partial charge on any atom is -0.352 e. The second-order valence-corrected chi connectivity index (χ2v) is 8.15. The normalized spacial score (nSPS) is 22.5. The molecule has 1 aromatic carbocycles. The molecule has 1 fully saturated rings. The maximum atomic E-state index is 13.3. The van der Waals surface area contributed by atoms with Crippen LogP contribution in [0.1, 0.15) is 63.5 Å². The van der Waals surface area contributed by atoms with E-state index in [2.05, 4.69) is 24.5 Å². The summed E-state index contributed by atoms with van der Waals surface area (Å²) >= 11 is 0. The molecule has 1 amide bonds. The monoisotopic (exact) mass is 346 g/mol. The Morgan fingerprint density at radius 3 is 2.72 bits per heavy atom. The number of hydrogen-bond acceptors (Lipinski definition) is 2. The average Bonchev–Trinajstić information content (AvgIpc) is 2.61. The largest absolute Gasteiger partial charge is 0.352 e. The van der Waals surface area contributed by atoms with Crippen molar-refractivity contribution in [3.63, 3.8) is 0 Å². The molecular weight excluding hydrogens is 315 g/mol. The topological polar surface area (TPSA) is 41.1 Å². The molecule has 0 bridgehead atoms. The molecule has 25 heavy (non-hydrogen) atoms. The van der Waals surface area contributed by atoms with E-state index in [1.807, 2.05) is 6.07 Å². The molecule has 2 N–H and O–H groups in total. The summed E-state index contributed by atoms with van der Waals surface area (Å²) in [4.78, 5) is 12.8. The molecule has 1 aromatic rings. The van der Waals surface area contributed by atoms with Crippen LogP contribution < -0.4 is 10.6 Å². The Hall–Kier alpha value is -1.42. The van der Waals surface area contributed by atoms with E-state index in [1.54, 1.807) is 6.07 Å². The maximum Gasteiger partial charge on any atom is 0.237 e. The lowest BCUT2D eigenvalue weighted by atomic mass is 9.82. The second kappa shape index (κ2) is 8.31. The smallest absolute Gasteiger partial charge is 0.237 e. The van der Waals surface area contributed by atoms with Gasteiger partial charge >= 0.3 is 0 Å². The third kappa shape index (κ3) is 4.81. The van der Waals surface area contributed by atoms with Gasteiger partial charge in [-0.1, -0.05) is 52.0 Å². The van der Waals surface area contributed by atoms with Crippen LogP contribution in [0.25, 0.3) is 0 Å². The molecule has 2 aliphatic rings. The van der Waals surface area contributed by atoms with Crippen molar-refractivity contribution in [2.75, 3.05) is 0 Å². The number of nitrogens with one attached hydrogen (secondary N) is 2. The van der Waals surface area contributed by atoms with Crippen LogP contribution >= 0.6 is 0 Å². The summed E-state index contributed by atoms with van der Waals surface area (Å²) in [7, 11) is 0. The van der Waals surface area contributed by atoms with Gasteiger partial charge in [-0.05, 0) is 47.9 Å². The van der Waals surface area contributed by atoms with E-state index in [9.17, 15) is 9.18 Å². The minimum atomic E-state index is -0.217. The van der Waals surface area contributed by atoms with Crippen LogP contribution in [0.2, 0.25) is 0 Å². The number of halogens is 1. The van der Waals surface area contributed by atoms with Gasteiger partial charge in [-0.3, -0.25) is 4.79 Å². The third-order valence-electron chi connectivity index (χ3n) is 5.89. The van der Waals surface area contributed by atoms with Crippen LogP contribution in [0.5, 0.6) is 0 Å². The maximum absolute atomic E-state index is 13.3. The molecule has 0 spiro atoms. The zero-order chi connectivity index (χ0) is 17.8. The van der Waals surface area contributed by atoms with Gasteiger partial charge in [0, 0.05) is 12.6 Å². The van der Waals surface area contributed by atoms with Crippen molar-refractivity contribution in [2.24, 2.45) is 11.8 Å². The molecule has 4 heteroatoms. The van der Waals surface area contributed by atoms with Gasteiger partial charge in [0.1, 0.15) is 5.82 Å².